The van der Waals surface area contributed by atoms with Crippen molar-refractivity contribution in [3.05, 3.63) is 72.0 Å². The summed E-state index contributed by atoms with van der Waals surface area (Å²) in [6, 6.07) is 0.998. The number of hydrogen-bond acceptors (Lipinski definition) is 11. The number of aliphatic carboxylic acids is 2. The zero-order valence-electron chi connectivity index (χ0n) is 42.2. The third-order valence-corrected chi connectivity index (χ3v) is 12.0. The minimum Gasteiger partial charge on any atom is -0.480 e. The van der Waals surface area contributed by atoms with Gasteiger partial charge in [0.05, 0.1) is 24.0 Å². The highest BCUT2D eigenvalue weighted by Gasteiger charge is 2.37. The largest absolute Gasteiger partial charge is 0.480 e. The maximum absolute atomic E-state index is 14.4. The van der Waals surface area contributed by atoms with E-state index in [2.05, 4.69) is 43.5 Å². The second kappa shape index (κ2) is 29.2. The zero-order chi connectivity index (χ0) is 53.7. The monoisotopic (exact) mass is 995 g/mol. The summed E-state index contributed by atoms with van der Waals surface area (Å²) in [7, 11) is 2.82. The normalized spacial score (nSPS) is 25.3. The average Bonchev–Trinajstić information content (AvgIpc) is 3.31. The molecule has 0 saturated carbocycles. The van der Waals surface area contributed by atoms with E-state index in [9.17, 15) is 53.4 Å². The lowest BCUT2D eigenvalue weighted by Crippen LogP contribution is -2.59. The number of aliphatic imine (C=N–C) groups is 1. The molecule has 22 nitrogen and oxygen atoms in total. The summed E-state index contributed by atoms with van der Waals surface area (Å²) in [4.78, 5) is 126. The third-order valence-electron chi connectivity index (χ3n) is 12.0. The molecule has 0 radical (unpaired) electrons. The van der Waals surface area contributed by atoms with Gasteiger partial charge in [0, 0.05) is 33.0 Å². The van der Waals surface area contributed by atoms with Gasteiger partial charge in [0.15, 0.2) is 5.96 Å². The molecule has 1 aliphatic heterocycles. The Balaban J connectivity index is 2.73. The molecule has 7 amide bonds. The van der Waals surface area contributed by atoms with Crippen LogP contribution in [0.3, 0.4) is 0 Å². The number of carbonyl (C=O) groups excluding carboxylic acids is 7. The van der Waals surface area contributed by atoms with Gasteiger partial charge in [0.25, 0.3) is 5.91 Å². The average molecular weight is 995 g/mol. The molecule has 0 spiro atoms. The fourth-order valence-electron chi connectivity index (χ4n) is 7.46. The topological polar surface area (TPSA) is 343 Å². The third kappa shape index (κ3) is 20.0. The van der Waals surface area contributed by atoms with Gasteiger partial charge in [-0.05, 0) is 57.4 Å². The Bertz CT molecular complexity index is 2160. The molecule has 1 heterocycles. The van der Waals surface area contributed by atoms with E-state index in [0.717, 1.165) is 10.5 Å². The first-order valence-electron chi connectivity index (χ1n) is 23.5. The van der Waals surface area contributed by atoms with Crippen LogP contribution < -0.4 is 43.4 Å². The summed E-state index contributed by atoms with van der Waals surface area (Å²) in [5, 5.41) is 35.5. The maximum atomic E-state index is 14.4. The number of likely N-dealkylation sites (N-methyl/N-ethyl adjacent to an activating group) is 1. The van der Waals surface area contributed by atoms with Crippen molar-refractivity contribution in [2.75, 3.05) is 20.7 Å². The Hall–Kier alpha value is -7.10. The highest BCUT2D eigenvalue weighted by atomic mass is 16.5. The van der Waals surface area contributed by atoms with Gasteiger partial charge >= 0.3 is 11.9 Å². The predicted octanol–water partition coefficient (Wildman–Crippen LogP) is 0.618. The second-order valence-corrected chi connectivity index (χ2v) is 18.3. The smallest absolute Gasteiger partial charge is 0.327 e. The molecule has 10 atom stereocenters. The number of benzene rings is 1. The van der Waals surface area contributed by atoms with Crippen LogP contribution >= 0.6 is 0 Å². The molecule has 2 rings (SSSR count). The van der Waals surface area contributed by atoms with E-state index in [1.165, 1.54) is 33.9 Å². The Kier molecular flexibility index (Phi) is 24.7. The lowest BCUT2D eigenvalue weighted by molar-refractivity contribution is -0.146. The molecule has 1 aromatic rings. The predicted molar refractivity (Wildman–Crippen MR) is 264 cm³/mol. The van der Waals surface area contributed by atoms with E-state index in [4.69, 9.17) is 16.2 Å². The SMILES string of the molecule is C=C1C(=O)N[C@@H](C)C(=O)N[C@@H](CC(C)C)C(=O)N[C@@H](C(=O)O)[C@H](C)C(=O)N[C@@H](CCCN=C(N)N)C(=O)N[C@@H](C=CC(C)=C[C@H](C)[C@H](Cc2ccccc2)OC)[C@H](C)C(=O)N[C@@H](C(=O)O)CCC(=O)N1C. The van der Waals surface area contributed by atoms with E-state index in [1.54, 1.807) is 34.0 Å². The molecule has 1 saturated heterocycles. The fraction of sp³-hybridized carbons (Fsp3) is 0.551. The molecule has 0 aromatic heterocycles. The highest BCUT2D eigenvalue weighted by molar-refractivity contribution is 6.00. The Labute approximate surface area is 415 Å². The maximum Gasteiger partial charge on any atom is 0.327 e. The van der Waals surface area contributed by atoms with Gasteiger partial charge in [-0.3, -0.25) is 38.6 Å². The van der Waals surface area contributed by atoms with Crippen LogP contribution in [0.4, 0.5) is 0 Å². The second-order valence-electron chi connectivity index (χ2n) is 18.3. The summed E-state index contributed by atoms with van der Waals surface area (Å²) >= 11 is 0. The van der Waals surface area contributed by atoms with Crippen LogP contribution in [0.2, 0.25) is 0 Å². The van der Waals surface area contributed by atoms with E-state index < -0.39 is 120 Å². The number of carboxylic acids is 2. The Morgan fingerprint density at radius 1 is 0.845 bits per heavy atom. The molecular weight excluding hydrogens is 921 g/mol. The standard InChI is InChI=1S/C49H74N10O12/c1-26(2)23-37-46(66)58-40(48(69)70)30(6)42(62)55-35(17-14-22-52-49(50)51)45(65)54-34(19-18-27(3)24-28(4)38(71-10)25-33-15-12-11-13-16-33)29(5)41(61)56-36(47(67)68)20-21-39(60)59(9)32(8)44(64)53-31(7)43(63)57-37/h11-13,15-16,18-19,24,26,28-31,34-38,40H,8,14,17,20-23,25H2,1-7,9-10H3,(H,53,64)(H,54,65)(H,55,62)(H,56,61)(H,57,63)(H,58,66)(H,67,68)(H,69,70)(H4,50,51,52)/t28-,29-,30-,31-,34-,35-,36+,37-,38-,40+/m0/s1. The molecule has 22 heteroatoms. The van der Waals surface area contributed by atoms with Crippen LogP contribution in [0.15, 0.2) is 71.4 Å². The summed E-state index contributed by atoms with van der Waals surface area (Å²) in [5.74, 6) is -12.6. The van der Waals surface area contributed by atoms with Gasteiger partial charge in [-0.25, -0.2) is 9.59 Å². The molecule has 392 valence electrons. The van der Waals surface area contributed by atoms with E-state index in [1.807, 2.05) is 43.3 Å². The van der Waals surface area contributed by atoms with Crippen LogP contribution in [-0.4, -0.2) is 137 Å². The highest BCUT2D eigenvalue weighted by Crippen LogP contribution is 2.19. The van der Waals surface area contributed by atoms with Crippen molar-refractivity contribution in [2.45, 2.75) is 129 Å². The van der Waals surface area contributed by atoms with Crippen molar-refractivity contribution in [1.29, 1.82) is 0 Å². The van der Waals surface area contributed by atoms with Gasteiger partial charge in [-0.15, -0.1) is 0 Å². The fourth-order valence-corrected chi connectivity index (χ4v) is 7.46. The molecule has 1 aromatic carbocycles. The van der Waals surface area contributed by atoms with E-state index in [0.29, 0.717) is 12.0 Å². The minimum absolute atomic E-state index is 0.00610. The molecule has 0 aliphatic carbocycles. The number of carboxylic acid groups (broad SMARTS) is 2. The minimum atomic E-state index is -1.88. The Morgan fingerprint density at radius 3 is 2.03 bits per heavy atom. The number of rotatable bonds is 15. The molecule has 1 aliphatic rings. The molecule has 0 unspecified atom stereocenters. The number of hydrogen-bond donors (Lipinski definition) is 10. The molecule has 71 heavy (non-hydrogen) atoms. The number of nitrogens with zero attached hydrogens (tertiary/aromatic N) is 2. The molecule has 0 bridgehead atoms. The van der Waals surface area contributed by atoms with Crippen LogP contribution in [0.5, 0.6) is 0 Å². The van der Waals surface area contributed by atoms with E-state index in [-0.39, 0.29) is 49.7 Å². The van der Waals surface area contributed by atoms with Crippen molar-refractivity contribution < 1.29 is 58.1 Å². The van der Waals surface area contributed by atoms with Crippen molar-refractivity contribution in [2.24, 2.45) is 40.1 Å². The number of guanidine groups is 1. The van der Waals surface area contributed by atoms with Crippen molar-refractivity contribution in [3.8, 4) is 0 Å². The molecule has 1 fully saturated rings. The van der Waals surface area contributed by atoms with E-state index >= 15 is 0 Å². The first-order valence-corrected chi connectivity index (χ1v) is 23.5. The van der Waals surface area contributed by atoms with Crippen LogP contribution in [0.25, 0.3) is 0 Å². The van der Waals surface area contributed by atoms with Gasteiger partial charge in [0.2, 0.25) is 35.4 Å². The number of nitrogens with two attached hydrogens (primary N) is 2. The first kappa shape index (κ1) is 60.0. The van der Waals surface area contributed by atoms with Gasteiger partial charge in [-0.2, -0.15) is 0 Å². The van der Waals surface area contributed by atoms with Crippen LogP contribution in [0, 0.1) is 23.7 Å². The number of amides is 7. The summed E-state index contributed by atoms with van der Waals surface area (Å²) in [6.45, 7) is 14.9. The number of nitrogens with one attached hydrogen (secondary N) is 6. The molecular formula is C49H74N10O12. The van der Waals surface area contributed by atoms with Crippen LogP contribution in [-0.2, 0) is 54.3 Å². The molecule has 12 N–H and O–H groups in total. The lowest BCUT2D eigenvalue weighted by atomic mass is 9.94. The van der Waals surface area contributed by atoms with Crippen molar-refractivity contribution in [1.82, 2.24) is 36.8 Å². The summed E-state index contributed by atoms with van der Waals surface area (Å²) < 4.78 is 5.81. The van der Waals surface area contributed by atoms with Crippen LogP contribution in [0.1, 0.15) is 86.1 Å². The number of allylic oxidation sites excluding steroid dienone is 2. The lowest BCUT2D eigenvalue weighted by Gasteiger charge is -2.28. The van der Waals surface area contributed by atoms with Crippen molar-refractivity contribution in [3.63, 3.8) is 0 Å². The summed E-state index contributed by atoms with van der Waals surface area (Å²) in [5.41, 5.74) is 12.4. The van der Waals surface area contributed by atoms with Crippen molar-refractivity contribution >= 4 is 59.2 Å². The quantitative estimate of drug-likeness (QED) is 0.0379. The first-order chi connectivity index (χ1) is 33.3. The number of methoxy groups -OCH3 is 1. The Morgan fingerprint density at radius 2 is 1.45 bits per heavy atom. The van der Waals surface area contributed by atoms with Gasteiger partial charge < -0.3 is 63.2 Å². The summed E-state index contributed by atoms with van der Waals surface area (Å²) in [6.07, 6.45) is 4.64. The zero-order valence-corrected chi connectivity index (χ0v) is 42.2. The number of carbonyl (C=O) groups is 9. The van der Waals surface area contributed by atoms with Gasteiger partial charge in [0.1, 0.15) is 35.9 Å². The number of ether oxygens (including phenoxy) is 1. The van der Waals surface area contributed by atoms with Gasteiger partial charge in [-0.1, -0.05) is 95.3 Å².